The Labute approximate surface area is 176 Å². The molecule has 0 unspecified atom stereocenters. The third-order valence-corrected chi connectivity index (χ3v) is 7.31. The molecular formula is C23H29N3O4. The number of carbonyl (C=O) groups is 2. The fraction of sp³-hybridized carbons (Fsp3) is 0.565. The minimum absolute atomic E-state index is 0.00700. The number of benzene rings is 1. The molecule has 4 heterocycles. The van der Waals surface area contributed by atoms with Gasteiger partial charge in [-0.2, -0.15) is 0 Å². The topological polar surface area (TPSA) is 83.8 Å². The molecule has 4 atom stereocenters. The van der Waals surface area contributed by atoms with Gasteiger partial charge in [0, 0.05) is 55.2 Å². The molecule has 5 rings (SSSR count). The Morgan fingerprint density at radius 1 is 1.37 bits per heavy atom. The summed E-state index contributed by atoms with van der Waals surface area (Å²) >= 11 is 0. The summed E-state index contributed by atoms with van der Waals surface area (Å²) in [5.74, 6) is 0.264. The smallest absolute Gasteiger partial charge is 0.242 e. The highest BCUT2D eigenvalue weighted by Crippen LogP contribution is 2.47. The second-order valence-electron chi connectivity index (χ2n) is 8.97. The number of likely N-dealkylation sites (tertiary alicyclic amines) is 1. The lowest BCUT2D eigenvalue weighted by Crippen LogP contribution is -2.52. The van der Waals surface area contributed by atoms with Crippen LogP contribution in [0, 0.1) is 11.8 Å². The van der Waals surface area contributed by atoms with E-state index in [-0.39, 0.29) is 48.4 Å². The number of amides is 1. The number of rotatable bonds is 5. The van der Waals surface area contributed by atoms with Crippen LogP contribution in [0.5, 0.6) is 0 Å². The third kappa shape index (κ3) is 2.83. The number of ketones is 1. The molecule has 3 aliphatic rings. The lowest BCUT2D eigenvalue weighted by atomic mass is 9.83. The van der Waals surface area contributed by atoms with Crippen LogP contribution in [0.2, 0.25) is 0 Å². The van der Waals surface area contributed by atoms with Crippen molar-refractivity contribution in [2.45, 2.75) is 38.5 Å². The van der Waals surface area contributed by atoms with Crippen LogP contribution >= 0.6 is 0 Å². The first-order valence-electron chi connectivity index (χ1n) is 10.9. The first-order valence-corrected chi connectivity index (χ1v) is 10.9. The van der Waals surface area contributed by atoms with Gasteiger partial charge in [0.2, 0.25) is 5.91 Å². The number of morpholine rings is 1. The van der Waals surface area contributed by atoms with Crippen LogP contribution in [0.4, 0.5) is 0 Å². The molecule has 2 aromatic rings. The van der Waals surface area contributed by atoms with E-state index in [0.29, 0.717) is 18.7 Å². The van der Waals surface area contributed by atoms with Crippen LogP contribution in [0.15, 0.2) is 24.4 Å². The summed E-state index contributed by atoms with van der Waals surface area (Å²) < 4.78 is 8.25. The molecule has 1 spiro atoms. The molecule has 1 aromatic carbocycles. The van der Waals surface area contributed by atoms with Crippen molar-refractivity contribution in [3.8, 4) is 0 Å². The molecule has 2 bridgehead atoms. The van der Waals surface area contributed by atoms with Crippen molar-refractivity contribution in [2.24, 2.45) is 11.8 Å². The van der Waals surface area contributed by atoms with Crippen molar-refractivity contribution in [3.05, 3.63) is 35.5 Å². The lowest BCUT2D eigenvalue weighted by Gasteiger charge is -2.34. The molecule has 7 heteroatoms. The molecule has 160 valence electrons. The summed E-state index contributed by atoms with van der Waals surface area (Å²) in [5, 5.41) is 14.2. The lowest BCUT2D eigenvalue weighted by molar-refractivity contribution is -0.134. The molecule has 30 heavy (non-hydrogen) atoms. The predicted molar refractivity (Wildman–Crippen MR) is 112 cm³/mol. The van der Waals surface area contributed by atoms with E-state index in [1.807, 2.05) is 27.8 Å². The summed E-state index contributed by atoms with van der Waals surface area (Å²) in [6.45, 7) is 6.59. The Kier molecular flexibility index (Phi) is 4.72. The van der Waals surface area contributed by atoms with Gasteiger partial charge in [0.05, 0.1) is 18.2 Å². The number of ether oxygens (including phenoxy) is 1. The number of nitrogens with zero attached hydrogens (tertiary/aromatic N) is 2. The molecule has 0 radical (unpaired) electrons. The van der Waals surface area contributed by atoms with E-state index in [0.717, 1.165) is 36.0 Å². The summed E-state index contributed by atoms with van der Waals surface area (Å²) in [7, 11) is 0. The zero-order chi connectivity index (χ0) is 21.0. The number of aromatic nitrogens is 1. The number of Topliss-reactive ketones (excluding diaryl/α,β-unsaturated/α-hetero) is 1. The van der Waals surface area contributed by atoms with Gasteiger partial charge in [-0.25, -0.2) is 0 Å². The summed E-state index contributed by atoms with van der Waals surface area (Å²) in [5.41, 5.74) is 2.38. The first-order chi connectivity index (χ1) is 14.5. The van der Waals surface area contributed by atoms with E-state index in [9.17, 15) is 14.7 Å². The van der Waals surface area contributed by atoms with Crippen LogP contribution in [-0.2, 0) is 22.5 Å². The third-order valence-electron chi connectivity index (χ3n) is 7.31. The minimum Gasteiger partial charge on any atom is -0.396 e. The van der Waals surface area contributed by atoms with E-state index < -0.39 is 0 Å². The Hall–Kier alpha value is -2.22. The monoisotopic (exact) mass is 411 g/mol. The Morgan fingerprint density at radius 3 is 2.93 bits per heavy atom. The number of hydrogen-bond donors (Lipinski definition) is 2. The minimum atomic E-state index is -0.385. The number of aliphatic hydroxyl groups excluding tert-OH is 1. The zero-order valence-electron chi connectivity index (χ0n) is 17.6. The molecular weight excluding hydrogens is 382 g/mol. The van der Waals surface area contributed by atoms with Crippen molar-refractivity contribution in [1.29, 1.82) is 0 Å². The average molecular weight is 412 g/mol. The maximum Gasteiger partial charge on any atom is 0.242 e. The largest absolute Gasteiger partial charge is 0.396 e. The van der Waals surface area contributed by atoms with Gasteiger partial charge in [0.25, 0.3) is 0 Å². The fourth-order valence-corrected chi connectivity index (χ4v) is 5.86. The SMILES string of the molecule is CCc1cccc2c(C(C)=O)cn(CC(=O)N3C[C@@H]4[C@H](CO)[C@H]5CNC[C@]4(C3)O5)c12. The van der Waals surface area contributed by atoms with Crippen molar-refractivity contribution >= 4 is 22.6 Å². The van der Waals surface area contributed by atoms with Gasteiger partial charge in [-0.3, -0.25) is 9.59 Å². The van der Waals surface area contributed by atoms with Crippen molar-refractivity contribution in [3.63, 3.8) is 0 Å². The summed E-state index contributed by atoms with van der Waals surface area (Å²) in [6.07, 6.45) is 2.69. The normalized spacial score (nSPS) is 30.1. The highest BCUT2D eigenvalue weighted by molar-refractivity contribution is 6.07. The van der Waals surface area contributed by atoms with Crippen LogP contribution in [0.25, 0.3) is 10.9 Å². The molecule has 0 saturated carbocycles. The zero-order valence-corrected chi connectivity index (χ0v) is 17.6. The van der Waals surface area contributed by atoms with Crippen LogP contribution < -0.4 is 5.32 Å². The van der Waals surface area contributed by atoms with Gasteiger partial charge in [0.1, 0.15) is 12.1 Å². The number of para-hydroxylation sites is 1. The van der Waals surface area contributed by atoms with Gasteiger partial charge >= 0.3 is 0 Å². The van der Waals surface area contributed by atoms with Gasteiger partial charge in [0.15, 0.2) is 5.78 Å². The quantitative estimate of drug-likeness (QED) is 0.723. The van der Waals surface area contributed by atoms with Crippen molar-refractivity contribution in [1.82, 2.24) is 14.8 Å². The molecule has 3 saturated heterocycles. The maximum atomic E-state index is 13.3. The van der Waals surface area contributed by atoms with Crippen LogP contribution in [0.3, 0.4) is 0 Å². The Balaban J connectivity index is 1.43. The molecule has 2 N–H and O–H groups in total. The van der Waals surface area contributed by atoms with Gasteiger partial charge in [-0.05, 0) is 18.9 Å². The van der Waals surface area contributed by atoms with Crippen molar-refractivity contribution in [2.75, 3.05) is 32.8 Å². The highest BCUT2D eigenvalue weighted by atomic mass is 16.5. The van der Waals surface area contributed by atoms with E-state index >= 15 is 0 Å². The molecule has 7 nitrogen and oxygen atoms in total. The predicted octanol–water partition coefficient (Wildman–Crippen LogP) is 1.21. The number of hydrogen-bond acceptors (Lipinski definition) is 5. The van der Waals surface area contributed by atoms with Crippen LogP contribution in [-0.4, -0.2) is 70.8 Å². The second kappa shape index (κ2) is 7.18. The molecule has 3 aliphatic heterocycles. The van der Waals surface area contributed by atoms with Crippen molar-refractivity contribution < 1.29 is 19.4 Å². The van der Waals surface area contributed by atoms with E-state index in [2.05, 4.69) is 18.3 Å². The molecule has 3 fully saturated rings. The van der Waals surface area contributed by atoms with E-state index in [1.165, 1.54) is 0 Å². The molecule has 1 amide bonds. The summed E-state index contributed by atoms with van der Waals surface area (Å²) in [4.78, 5) is 27.4. The number of aryl methyl sites for hydroxylation is 1. The standard InChI is InChI=1S/C23H29N3O4/c1-3-15-5-4-6-16-17(14(2)28)8-25(22(15)16)10-21(29)26-9-19-18(11-27)20-7-24-12-23(19,13-26)30-20/h4-6,8,18-20,24,27H,3,7,9-13H2,1-2H3/t18-,19+,20+,23+/m0/s1. The number of aliphatic hydroxyl groups is 1. The van der Waals surface area contributed by atoms with Crippen LogP contribution in [0.1, 0.15) is 29.8 Å². The first kappa shape index (κ1) is 19.7. The average Bonchev–Trinajstić information content (AvgIpc) is 3.33. The summed E-state index contributed by atoms with van der Waals surface area (Å²) in [6, 6.07) is 5.98. The van der Waals surface area contributed by atoms with E-state index in [1.54, 1.807) is 6.92 Å². The highest BCUT2D eigenvalue weighted by Gasteiger charge is 2.61. The molecule has 1 aromatic heterocycles. The maximum absolute atomic E-state index is 13.3. The fourth-order valence-electron chi connectivity index (χ4n) is 5.86. The Bertz CT molecular complexity index is 1020. The van der Waals surface area contributed by atoms with Gasteiger partial charge < -0.3 is 24.6 Å². The Morgan fingerprint density at radius 2 is 2.20 bits per heavy atom. The molecule has 0 aliphatic carbocycles. The number of carbonyl (C=O) groups excluding carboxylic acids is 2. The van der Waals surface area contributed by atoms with Gasteiger partial charge in [-0.1, -0.05) is 25.1 Å². The number of nitrogens with one attached hydrogen (secondary N) is 1. The number of fused-ring (bicyclic) bond motifs is 2. The second-order valence-corrected chi connectivity index (χ2v) is 8.97. The van der Waals surface area contributed by atoms with Gasteiger partial charge in [-0.15, -0.1) is 0 Å². The van der Waals surface area contributed by atoms with E-state index in [4.69, 9.17) is 4.74 Å².